The van der Waals surface area contributed by atoms with Crippen LogP contribution in [0.25, 0.3) is 0 Å². The topological polar surface area (TPSA) is 66.5 Å². The fraction of sp³-hybridized carbons (Fsp3) is 0.480. The number of hydrogen-bond acceptors (Lipinski definition) is 3. The van der Waals surface area contributed by atoms with Crippen molar-refractivity contribution in [3.63, 3.8) is 0 Å². The molecular formula is C25H34N2O3S. The van der Waals surface area contributed by atoms with Gasteiger partial charge in [0, 0.05) is 19.1 Å². The number of aryl methyl sites for hydroxylation is 2. The number of nitrogens with zero attached hydrogens (tertiary/aromatic N) is 1. The van der Waals surface area contributed by atoms with Gasteiger partial charge in [-0.2, -0.15) is 0 Å². The van der Waals surface area contributed by atoms with Crippen LogP contribution in [0.2, 0.25) is 0 Å². The first kappa shape index (κ1) is 23.5. The van der Waals surface area contributed by atoms with Gasteiger partial charge in [0.2, 0.25) is 15.9 Å². The highest BCUT2D eigenvalue weighted by molar-refractivity contribution is 7.89. The zero-order valence-corrected chi connectivity index (χ0v) is 19.2. The summed E-state index contributed by atoms with van der Waals surface area (Å²) in [5.41, 5.74) is 2.41. The zero-order valence-electron chi connectivity index (χ0n) is 18.4. The van der Waals surface area contributed by atoms with Crippen LogP contribution in [0.15, 0.2) is 60.7 Å². The fourth-order valence-corrected chi connectivity index (χ4v) is 5.68. The summed E-state index contributed by atoms with van der Waals surface area (Å²) >= 11 is 0. The largest absolute Gasteiger partial charge is 0.353 e. The lowest BCUT2D eigenvalue weighted by molar-refractivity contribution is -0.126. The smallest absolute Gasteiger partial charge is 0.224 e. The van der Waals surface area contributed by atoms with Crippen molar-refractivity contribution in [1.82, 2.24) is 9.62 Å². The van der Waals surface area contributed by atoms with E-state index >= 15 is 0 Å². The van der Waals surface area contributed by atoms with Crippen molar-refractivity contribution in [1.29, 1.82) is 0 Å². The number of carbonyl (C=O) groups is 1. The van der Waals surface area contributed by atoms with Crippen LogP contribution in [-0.4, -0.2) is 43.5 Å². The van der Waals surface area contributed by atoms with E-state index in [0.29, 0.717) is 19.5 Å². The normalized spacial score (nSPS) is 18.4. The van der Waals surface area contributed by atoms with Crippen LogP contribution in [0.1, 0.15) is 43.7 Å². The standard InChI is InChI=1S/C25H34N2O3S/c1-21(16-17-23-12-6-3-7-13-23)26-25(28)24-15-8-18-27(20-24)31(29,30)19-9-14-22-10-4-2-5-11-22/h2-7,10-13,21,24H,8-9,14-20H2,1H3,(H,26,28)/t21-,24-/m1/s1. The molecule has 3 rings (SSSR count). The van der Waals surface area contributed by atoms with Crippen LogP contribution in [0, 0.1) is 5.92 Å². The van der Waals surface area contributed by atoms with Gasteiger partial charge in [-0.1, -0.05) is 60.7 Å². The molecule has 1 N–H and O–H groups in total. The third kappa shape index (κ3) is 7.47. The number of benzene rings is 2. The second kappa shape index (κ2) is 11.4. The molecule has 0 unspecified atom stereocenters. The Morgan fingerprint density at radius 1 is 1.03 bits per heavy atom. The monoisotopic (exact) mass is 442 g/mol. The summed E-state index contributed by atoms with van der Waals surface area (Å²) in [5, 5.41) is 3.10. The van der Waals surface area contributed by atoms with Gasteiger partial charge in [-0.15, -0.1) is 0 Å². The number of rotatable bonds is 10. The first-order valence-corrected chi connectivity index (χ1v) is 12.9. The molecule has 0 aliphatic carbocycles. The highest BCUT2D eigenvalue weighted by atomic mass is 32.2. The molecule has 2 atom stereocenters. The number of hydrogen-bond donors (Lipinski definition) is 1. The highest BCUT2D eigenvalue weighted by Gasteiger charge is 2.32. The Morgan fingerprint density at radius 3 is 2.29 bits per heavy atom. The molecule has 1 saturated heterocycles. The number of amides is 1. The summed E-state index contributed by atoms with van der Waals surface area (Å²) in [6.07, 6.45) is 4.59. The Labute approximate surface area is 186 Å². The van der Waals surface area contributed by atoms with E-state index in [2.05, 4.69) is 17.4 Å². The molecule has 0 radical (unpaired) electrons. The summed E-state index contributed by atoms with van der Waals surface area (Å²) < 4.78 is 27.2. The van der Waals surface area contributed by atoms with E-state index < -0.39 is 10.0 Å². The lowest BCUT2D eigenvalue weighted by Crippen LogP contribution is -2.47. The summed E-state index contributed by atoms with van der Waals surface area (Å²) in [5.74, 6) is -0.162. The first-order valence-electron chi connectivity index (χ1n) is 11.3. The SMILES string of the molecule is C[C@H](CCc1ccccc1)NC(=O)[C@@H]1CCCN(S(=O)(=O)CCCc2ccccc2)C1. The van der Waals surface area contributed by atoms with E-state index in [-0.39, 0.29) is 23.6 Å². The molecule has 6 heteroatoms. The minimum Gasteiger partial charge on any atom is -0.353 e. The van der Waals surface area contributed by atoms with Gasteiger partial charge in [-0.25, -0.2) is 12.7 Å². The lowest BCUT2D eigenvalue weighted by Gasteiger charge is -2.32. The predicted octanol–water partition coefficient (Wildman–Crippen LogP) is 3.80. The van der Waals surface area contributed by atoms with Gasteiger partial charge >= 0.3 is 0 Å². The van der Waals surface area contributed by atoms with Crippen LogP contribution in [0.3, 0.4) is 0 Å². The Hall–Kier alpha value is -2.18. The first-order chi connectivity index (χ1) is 14.9. The molecular weight excluding hydrogens is 408 g/mol. The average Bonchev–Trinajstić information content (AvgIpc) is 2.79. The van der Waals surface area contributed by atoms with Crippen molar-refractivity contribution in [2.75, 3.05) is 18.8 Å². The summed E-state index contributed by atoms with van der Waals surface area (Å²) in [4.78, 5) is 12.8. The van der Waals surface area contributed by atoms with Gasteiger partial charge in [-0.05, 0) is 56.6 Å². The van der Waals surface area contributed by atoms with Crippen LogP contribution < -0.4 is 5.32 Å². The zero-order chi connectivity index (χ0) is 22.1. The minimum absolute atomic E-state index is 0.0234. The Morgan fingerprint density at radius 2 is 1.65 bits per heavy atom. The highest BCUT2D eigenvalue weighted by Crippen LogP contribution is 2.21. The van der Waals surface area contributed by atoms with Crippen LogP contribution in [0.5, 0.6) is 0 Å². The minimum atomic E-state index is -3.34. The molecule has 1 aliphatic rings. The van der Waals surface area contributed by atoms with Gasteiger partial charge in [0.15, 0.2) is 0 Å². The molecule has 0 aromatic heterocycles. The van der Waals surface area contributed by atoms with Crippen molar-refractivity contribution in [2.45, 2.75) is 51.5 Å². The number of piperidine rings is 1. The van der Waals surface area contributed by atoms with Crippen LogP contribution >= 0.6 is 0 Å². The van der Waals surface area contributed by atoms with Crippen molar-refractivity contribution in [3.05, 3.63) is 71.8 Å². The molecule has 0 saturated carbocycles. The molecule has 0 bridgehead atoms. The van der Waals surface area contributed by atoms with Crippen molar-refractivity contribution in [2.24, 2.45) is 5.92 Å². The molecule has 2 aromatic carbocycles. The fourth-order valence-electron chi connectivity index (χ4n) is 4.10. The third-order valence-electron chi connectivity index (χ3n) is 5.96. The second-order valence-corrected chi connectivity index (χ2v) is 10.6. The molecule has 1 aliphatic heterocycles. The molecule has 168 valence electrons. The molecule has 31 heavy (non-hydrogen) atoms. The van der Waals surface area contributed by atoms with E-state index in [4.69, 9.17) is 0 Å². The maximum Gasteiger partial charge on any atom is 0.224 e. The number of nitrogens with one attached hydrogen (secondary N) is 1. The molecule has 0 spiro atoms. The predicted molar refractivity (Wildman–Crippen MR) is 125 cm³/mol. The summed E-state index contributed by atoms with van der Waals surface area (Å²) in [6.45, 7) is 2.83. The van der Waals surface area contributed by atoms with E-state index in [1.54, 1.807) is 0 Å². The van der Waals surface area contributed by atoms with E-state index in [1.165, 1.54) is 9.87 Å². The van der Waals surface area contributed by atoms with Gasteiger partial charge in [0.1, 0.15) is 0 Å². The summed E-state index contributed by atoms with van der Waals surface area (Å²) in [7, 11) is -3.34. The third-order valence-corrected chi connectivity index (χ3v) is 7.88. The lowest BCUT2D eigenvalue weighted by atomic mass is 9.98. The van der Waals surface area contributed by atoms with Gasteiger partial charge < -0.3 is 5.32 Å². The van der Waals surface area contributed by atoms with Gasteiger partial charge in [0.05, 0.1) is 11.7 Å². The van der Waals surface area contributed by atoms with Gasteiger partial charge in [-0.3, -0.25) is 4.79 Å². The molecule has 1 heterocycles. The maximum atomic E-state index is 12.8. The average molecular weight is 443 g/mol. The van der Waals surface area contributed by atoms with Crippen LogP contribution in [-0.2, 0) is 27.7 Å². The van der Waals surface area contributed by atoms with E-state index in [0.717, 1.165) is 37.7 Å². The second-order valence-electron chi connectivity index (χ2n) is 8.54. The van der Waals surface area contributed by atoms with Gasteiger partial charge in [0.25, 0.3) is 0 Å². The quantitative estimate of drug-likeness (QED) is 0.609. The van der Waals surface area contributed by atoms with Crippen molar-refractivity contribution in [3.8, 4) is 0 Å². The van der Waals surface area contributed by atoms with Crippen LogP contribution in [0.4, 0.5) is 0 Å². The molecule has 2 aromatic rings. The Kier molecular flexibility index (Phi) is 8.67. The number of carbonyl (C=O) groups excluding carboxylic acids is 1. The van der Waals surface area contributed by atoms with Crippen molar-refractivity contribution >= 4 is 15.9 Å². The van der Waals surface area contributed by atoms with Crippen molar-refractivity contribution < 1.29 is 13.2 Å². The molecule has 5 nitrogen and oxygen atoms in total. The Bertz CT molecular complexity index is 916. The van der Waals surface area contributed by atoms with E-state index in [9.17, 15) is 13.2 Å². The van der Waals surface area contributed by atoms with E-state index in [1.807, 2.05) is 55.5 Å². The maximum absolute atomic E-state index is 12.8. The summed E-state index contributed by atoms with van der Waals surface area (Å²) in [6, 6.07) is 20.2. The number of sulfonamides is 1. The molecule has 1 amide bonds. The molecule has 1 fully saturated rings. The Balaban J connectivity index is 1.45.